The van der Waals surface area contributed by atoms with E-state index >= 15 is 0 Å². The van der Waals surface area contributed by atoms with Crippen LogP contribution >= 0.6 is 0 Å². The van der Waals surface area contributed by atoms with Crippen LogP contribution in [-0.2, 0) is 16.5 Å². The van der Waals surface area contributed by atoms with Gasteiger partial charge in [0.05, 0.1) is 0 Å². The molecule has 0 fully saturated rings. The van der Waals surface area contributed by atoms with Crippen molar-refractivity contribution < 1.29 is 23.6 Å². The molecule has 0 saturated carbocycles. The average Bonchev–Trinajstić information content (AvgIpc) is 1.65. The molecular formula is H4N4O4Pd. The number of nitrogens with two attached hydrogens (primary N) is 2. The molecule has 0 aliphatic carbocycles. The van der Waals surface area contributed by atoms with Gasteiger partial charge in [0.25, 0.3) is 0 Å². The van der Waals surface area contributed by atoms with E-state index in [1.54, 1.807) is 0 Å². The average molecular weight is 230 g/mol. The van der Waals surface area contributed by atoms with Crippen LogP contribution in [0.25, 0.3) is 0 Å². The molecule has 4 N–H and O–H groups in total. The fraction of sp³-hybridized carbons (Fsp3) is 0. The fourth-order valence-electron chi connectivity index (χ4n) is 0.0422. The summed E-state index contributed by atoms with van der Waals surface area (Å²) < 4.78 is 6.60. The summed E-state index contributed by atoms with van der Waals surface area (Å²) in [4.78, 5) is 19.3. The first-order valence-corrected chi connectivity index (χ1v) is 4.56. The molecule has 0 aromatic carbocycles. The van der Waals surface area contributed by atoms with Gasteiger partial charge in [-0.05, 0) is 0 Å². The van der Waals surface area contributed by atoms with Crippen LogP contribution in [-0.4, -0.2) is 7.11 Å². The van der Waals surface area contributed by atoms with Gasteiger partial charge in [-0.1, -0.05) is 0 Å². The zero-order chi connectivity index (χ0) is 7.65. The van der Waals surface area contributed by atoms with Crippen molar-refractivity contribution in [3.05, 3.63) is 20.2 Å². The van der Waals surface area contributed by atoms with Crippen LogP contribution in [0.15, 0.2) is 0 Å². The summed E-state index contributed by atoms with van der Waals surface area (Å²) >= 11 is -4.52. The van der Waals surface area contributed by atoms with Crippen molar-refractivity contribution in [2.45, 2.75) is 0 Å². The summed E-state index contributed by atoms with van der Waals surface area (Å²) in [5.41, 5.74) is 0. The zero-order valence-corrected chi connectivity index (χ0v) is 5.55. The van der Waals surface area contributed by atoms with E-state index in [9.17, 15) is 20.2 Å². The van der Waals surface area contributed by atoms with Crippen LogP contribution < -0.4 is 8.73 Å². The maximum atomic E-state index is 9.64. The van der Waals surface area contributed by atoms with Gasteiger partial charge in [0, 0.05) is 0 Å². The van der Waals surface area contributed by atoms with E-state index in [1.165, 1.54) is 0 Å². The molecule has 0 unspecified atom stereocenters. The molecule has 0 atom stereocenters. The Kier molecular flexibility index (Phi) is 2.16. The molecule has 0 aliphatic heterocycles. The molecular weight excluding hydrogens is 226 g/mol. The number of nitro groups is 2. The van der Waals surface area contributed by atoms with Crippen molar-refractivity contribution in [3.63, 3.8) is 0 Å². The molecule has 0 rings (SSSR count). The Morgan fingerprint density at radius 2 is 1.33 bits per heavy atom. The third-order valence-electron chi connectivity index (χ3n) is 0.370. The van der Waals surface area contributed by atoms with Gasteiger partial charge in [0.2, 0.25) is 0 Å². The Bertz CT molecular complexity index is 135. The SMILES string of the molecule is [NH2][Pd]([NH2])([N+](=O)[O-])[N+](=O)[O-]. The van der Waals surface area contributed by atoms with E-state index in [2.05, 4.69) is 8.73 Å². The zero-order valence-electron chi connectivity index (χ0n) is 4.00. The van der Waals surface area contributed by atoms with E-state index in [4.69, 9.17) is 0 Å². The standard InChI is InChI=1S/2NO2.2H2N.Pd/c2*2-1-3;;;/h;;2*1H2;/q;;2*-1;+2. The van der Waals surface area contributed by atoms with Crippen LogP contribution in [0, 0.1) is 20.2 Å². The van der Waals surface area contributed by atoms with Gasteiger partial charge in [-0.2, -0.15) is 0 Å². The summed E-state index contributed by atoms with van der Waals surface area (Å²) in [5.74, 6) is 0. The molecule has 0 aromatic rings. The van der Waals surface area contributed by atoms with E-state index in [1.807, 2.05) is 0 Å². The second-order valence-electron chi connectivity index (χ2n) is 0.875. The van der Waals surface area contributed by atoms with Gasteiger partial charge in [0.1, 0.15) is 0 Å². The number of nitrogens with zero attached hydrogens (tertiary/aromatic N) is 2. The molecule has 0 bridgehead atoms. The van der Waals surface area contributed by atoms with E-state index in [-0.39, 0.29) is 0 Å². The first-order valence-electron chi connectivity index (χ1n) is 1.38. The second-order valence-corrected chi connectivity index (χ2v) is 4.45. The molecule has 0 saturated heterocycles. The summed E-state index contributed by atoms with van der Waals surface area (Å²) in [6.07, 6.45) is 0. The van der Waals surface area contributed by atoms with E-state index in [0.29, 0.717) is 0 Å². The van der Waals surface area contributed by atoms with Gasteiger partial charge < -0.3 is 0 Å². The van der Waals surface area contributed by atoms with E-state index < -0.39 is 23.6 Å². The summed E-state index contributed by atoms with van der Waals surface area (Å²) in [6, 6.07) is 0. The number of rotatable bonds is 2. The molecule has 9 heavy (non-hydrogen) atoms. The van der Waals surface area contributed by atoms with Gasteiger partial charge >= 0.3 is 52.6 Å². The van der Waals surface area contributed by atoms with Crippen LogP contribution in [0.1, 0.15) is 0 Å². The molecule has 0 heterocycles. The van der Waals surface area contributed by atoms with Crippen molar-refractivity contribution in [1.29, 1.82) is 0 Å². The van der Waals surface area contributed by atoms with Crippen LogP contribution in [0.4, 0.5) is 0 Å². The molecule has 8 nitrogen and oxygen atoms in total. The van der Waals surface area contributed by atoms with Gasteiger partial charge in [-0.25, -0.2) is 0 Å². The second kappa shape index (κ2) is 2.32. The summed E-state index contributed by atoms with van der Waals surface area (Å²) in [5, 5.41) is 19.3. The van der Waals surface area contributed by atoms with Crippen molar-refractivity contribution in [3.8, 4) is 0 Å². The Labute approximate surface area is 53.3 Å². The topological polar surface area (TPSA) is 138 Å². The van der Waals surface area contributed by atoms with Gasteiger partial charge in [-0.15, -0.1) is 0 Å². The van der Waals surface area contributed by atoms with Crippen LogP contribution in [0.5, 0.6) is 0 Å². The predicted octanol–water partition coefficient (Wildman–Crippen LogP) is -1.73. The Hall–Kier alpha value is -0.618. The maximum absolute atomic E-state index is 9.64. The molecule has 58 valence electrons. The third-order valence-corrected chi connectivity index (χ3v) is 2.19. The molecule has 0 radical (unpaired) electrons. The van der Waals surface area contributed by atoms with E-state index in [0.717, 1.165) is 0 Å². The number of hydrogen-bond donors (Lipinski definition) is 2. The molecule has 0 aromatic heterocycles. The van der Waals surface area contributed by atoms with Crippen molar-refractivity contribution >= 4 is 0 Å². The Morgan fingerprint density at radius 1 is 1.11 bits per heavy atom. The van der Waals surface area contributed by atoms with Gasteiger partial charge in [-0.3, -0.25) is 0 Å². The quantitative estimate of drug-likeness (QED) is 0.328. The predicted molar refractivity (Wildman–Crippen MR) is 22.4 cm³/mol. The third kappa shape index (κ3) is 1.65. The van der Waals surface area contributed by atoms with Gasteiger partial charge in [0.15, 0.2) is 0 Å². The minimum absolute atomic E-state index is 1.23. The first kappa shape index (κ1) is 8.38. The van der Waals surface area contributed by atoms with Crippen molar-refractivity contribution in [2.75, 3.05) is 0 Å². The molecule has 0 amide bonds. The molecule has 0 aliphatic rings. The van der Waals surface area contributed by atoms with Crippen molar-refractivity contribution in [2.24, 2.45) is 8.73 Å². The summed E-state index contributed by atoms with van der Waals surface area (Å²) in [7, 11) is 0. The van der Waals surface area contributed by atoms with Crippen molar-refractivity contribution in [1.82, 2.24) is 0 Å². The summed E-state index contributed by atoms with van der Waals surface area (Å²) in [6.45, 7) is 0. The monoisotopic (exact) mass is 230 g/mol. The Morgan fingerprint density at radius 3 is 1.33 bits per heavy atom. The first-order chi connectivity index (χ1) is 3.89. The normalized spacial score (nSPS) is 12.7. The fourth-order valence-corrected chi connectivity index (χ4v) is 0.249. The Balaban J connectivity index is 4.38. The van der Waals surface area contributed by atoms with Crippen LogP contribution in [0.3, 0.4) is 0 Å². The molecule has 9 heteroatoms. The molecule has 0 spiro atoms. The minimum atomic E-state index is -4.52. The number of hydrogen-bond acceptors (Lipinski definition) is 6. The van der Waals surface area contributed by atoms with Crippen LogP contribution in [0.2, 0.25) is 0 Å².